The first kappa shape index (κ1) is 16.1. The molecule has 130 valence electrons. The van der Waals surface area contributed by atoms with E-state index in [4.69, 9.17) is 21.1 Å². The number of carbonyl (C=O) groups is 1. The van der Waals surface area contributed by atoms with Gasteiger partial charge in [-0.15, -0.1) is 0 Å². The van der Waals surface area contributed by atoms with Crippen LogP contribution in [0.1, 0.15) is 30.5 Å². The fourth-order valence-corrected chi connectivity index (χ4v) is 3.88. The summed E-state index contributed by atoms with van der Waals surface area (Å²) in [6.45, 7) is 3.88. The van der Waals surface area contributed by atoms with E-state index in [0.717, 1.165) is 16.8 Å². The lowest BCUT2D eigenvalue weighted by Gasteiger charge is -2.51. The number of carbonyl (C=O) groups excluding carboxylic acids is 1. The monoisotopic (exact) mass is 358 g/mol. The van der Waals surface area contributed by atoms with Crippen molar-refractivity contribution >= 4 is 23.3 Å². The number of aryl methyl sites for hydroxylation is 1. The number of amides is 2. The van der Waals surface area contributed by atoms with E-state index in [1.807, 2.05) is 44.2 Å². The number of hydrogen-bond donors (Lipinski definition) is 1. The molecule has 2 aromatic carbocycles. The lowest BCUT2D eigenvalue weighted by Crippen LogP contribution is -2.65. The van der Waals surface area contributed by atoms with Crippen molar-refractivity contribution in [2.75, 3.05) is 12.0 Å². The van der Waals surface area contributed by atoms with E-state index in [1.54, 1.807) is 18.1 Å². The van der Waals surface area contributed by atoms with Crippen LogP contribution in [0.15, 0.2) is 36.4 Å². The van der Waals surface area contributed by atoms with Gasteiger partial charge in [-0.25, -0.2) is 4.79 Å². The van der Waals surface area contributed by atoms with Crippen molar-refractivity contribution < 1.29 is 14.3 Å². The van der Waals surface area contributed by atoms with Gasteiger partial charge in [-0.2, -0.15) is 0 Å². The predicted molar refractivity (Wildman–Crippen MR) is 96.6 cm³/mol. The quantitative estimate of drug-likeness (QED) is 0.864. The fraction of sp³-hybridized carbons (Fsp3) is 0.316. The molecule has 0 radical (unpaired) electrons. The molecule has 0 aromatic heterocycles. The normalized spacial score (nSPS) is 24.2. The van der Waals surface area contributed by atoms with Gasteiger partial charge < -0.3 is 14.8 Å². The SMILES string of the molecule is COc1cccc2c1O[C@]1(C)C[C@@H]2NC(=O)N1c1cc(Cl)ccc1C. The van der Waals surface area contributed by atoms with Crippen LogP contribution in [0.4, 0.5) is 10.5 Å². The molecule has 2 aromatic rings. The fourth-order valence-electron chi connectivity index (χ4n) is 3.71. The molecule has 6 heteroatoms. The molecule has 5 nitrogen and oxygen atoms in total. The van der Waals surface area contributed by atoms with Gasteiger partial charge >= 0.3 is 6.03 Å². The van der Waals surface area contributed by atoms with Crippen LogP contribution >= 0.6 is 11.6 Å². The summed E-state index contributed by atoms with van der Waals surface area (Å²) in [4.78, 5) is 14.6. The Bertz CT molecular complexity index is 870. The van der Waals surface area contributed by atoms with Crippen LogP contribution in [0.2, 0.25) is 5.02 Å². The van der Waals surface area contributed by atoms with Crippen molar-refractivity contribution in [3.05, 3.63) is 52.5 Å². The topological polar surface area (TPSA) is 50.8 Å². The van der Waals surface area contributed by atoms with E-state index in [-0.39, 0.29) is 12.1 Å². The van der Waals surface area contributed by atoms with Crippen LogP contribution < -0.4 is 19.7 Å². The number of urea groups is 1. The smallest absolute Gasteiger partial charge is 0.325 e. The van der Waals surface area contributed by atoms with E-state index in [9.17, 15) is 4.79 Å². The lowest BCUT2D eigenvalue weighted by atomic mass is 9.89. The molecule has 2 aliphatic heterocycles. The molecule has 1 N–H and O–H groups in total. The molecule has 2 atom stereocenters. The Balaban J connectivity index is 1.86. The third-order valence-corrected chi connectivity index (χ3v) is 5.13. The van der Waals surface area contributed by atoms with Gasteiger partial charge in [0.1, 0.15) is 0 Å². The average Bonchev–Trinajstić information content (AvgIpc) is 2.57. The van der Waals surface area contributed by atoms with Gasteiger partial charge in [-0.3, -0.25) is 4.90 Å². The van der Waals surface area contributed by atoms with Crippen LogP contribution in [0.3, 0.4) is 0 Å². The number of para-hydroxylation sites is 1. The number of benzene rings is 2. The van der Waals surface area contributed by atoms with Gasteiger partial charge in [0.05, 0.1) is 18.8 Å². The van der Waals surface area contributed by atoms with Gasteiger partial charge in [-0.1, -0.05) is 29.8 Å². The highest BCUT2D eigenvalue weighted by molar-refractivity contribution is 6.31. The minimum Gasteiger partial charge on any atom is -0.493 e. The van der Waals surface area contributed by atoms with E-state index in [0.29, 0.717) is 22.9 Å². The second kappa shape index (κ2) is 5.56. The van der Waals surface area contributed by atoms with Gasteiger partial charge in [0.25, 0.3) is 0 Å². The third kappa shape index (κ3) is 2.42. The van der Waals surface area contributed by atoms with E-state index in [2.05, 4.69) is 5.32 Å². The molecule has 0 spiro atoms. The van der Waals surface area contributed by atoms with E-state index >= 15 is 0 Å². The van der Waals surface area contributed by atoms with Crippen molar-refractivity contribution in [2.45, 2.75) is 32.0 Å². The maximum Gasteiger partial charge on any atom is 0.325 e. The average molecular weight is 359 g/mol. The minimum absolute atomic E-state index is 0.118. The summed E-state index contributed by atoms with van der Waals surface area (Å²) in [5.74, 6) is 1.33. The van der Waals surface area contributed by atoms with Gasteiger partial charge in [0, 0.05) is 17.0 Å². The highest BCUT2D eigenvalue weighted by Crippen LogP contribution is 2.49. The number of rotatable bonds is 2. The molecular formula is C19H19ClN2O3. The number of fused-ring (bicyclic) bond motifs is 4. The number of halogens is 1. The Kier molecular flexibility index (Phi) is 3.58. The zero-order valence-electron chi connectivity index (χ0n) is 14.3. The van der Waals surface area contributed by atoms with Crippen LogP contribution in [-0.2, 0) is 0 Å². The summed E-state index contributed by atoms with van der Waals surface area (Å²) in [6.07, 6.45) is 0.630. The highest BCUT2D eigenvalue weighted by Gasteiger charge is 2.50. The molecule has 0 saturated carbocycles. The maximum absolute atomic E-state index is 12.9. The summed E-state index contributed by atoms with van der Waals surface area (Å²) in [7, 11) is 1.61. The Morgan fingerprint density at radius 2 is 2.16 bits per heavy atom. The molecule has 2 aliphatic rings. The molecule has 2 bridgehead atoms. The number of anilines is 1. The van der Waals surface area contributed by atoms with Gasteiger partial charge in [0.2, 0.25) is 0 Å². The summed E-state index contributed by atoms with van der Waals surface area (Å²) in [6, 6.07) is 10.9. The molecule has 2 amide bonds. The molecule has 1 fully saturated rings. The number of nitrogens with one attached hydrogen (secondary N) is 1. The zero-order valence-corrected chi connectivity index (χ0v) is 15.1. The standard InChI is InChI=1S/C19H19ClN2O3/c1-11-7-8-12(20)9-15(11)22-18(23)21-14-10-19(22,2)25-17-13(14)5-4-6-16(17)24-3/h4-9,14H,10H2,1-3H3,(H,21,23)/t14-,19+/m0/s1. The molecule has 2 heterocycles. The highest BCUT2D eigenvalue weighted by atomic mass is 35.5. The second-order valence-electron chi connectivity index (χ2n) is 6.63. The van der Waals surface area contributed by atoms with Crippen LogP contribution in [-0.4, -0.2) is 18.9 Å². The Morgan fingerprint density at radius 3 is 2.92 bits per heavy atom. The molecule has 1 saturated heterocycles. The first-order valence-corrected chi connectivity index (χ1v) is 8.53. The number of nitrogens with zero attached hydrogens (tertiary/aromatic N) is 1. The first-order valence-electron chi connectivity index (χ1n) is 8.16. The minimum atomic E-state index is -0.829. The summed E-state index contributed by atoms with van der Waals surface area (Å²) in [5.41, 5.74) is 1.80. The van der Waals surface area contributed by atoms with Crippen molar-refractivity contribution in [3.63, 3.8) is 0 Å². The Hall–Kier alpha value is -2.40. The van der Waals surface area contributed by atoms with Crippen LogP contribution in [0.25, 0.3) is 0 Å². The maximum atomic E-state index is 12.9. The Morgan fingerprint density at radius 1 is 1.36 bits per heavy atom. The van der Waals surface area contributed by atoms with Crippen molar-refractivity contribution in [3.8, 4) is 11.5 Å². The lowest BCUT2D eigenvalue weighted by molar-refractivity contribution is 0.0348. The number of methoxy groups -OCH3 is 1. The largest absolute Gasteiger partial charge is 0.493 e. The predicted octanol–water partition coefficient (Wildman–Crippen LogP) is 4.43. The number of ether oxygens (including phenoxy) is 2. The summed E-state index contributed by atoms with van der Waals surface area (Å²) < 4.78 is 11.8. The van der Waals surface area contributed by atoms with E-state index in [1.165, 1.54) is 0 Å². The molecule has 25 heavy (non-hydrogen) atoms. The van der Waals surface area contributed by atoms with Crippen LogP contribution in [0, 0.1) is 6.92 Å². The molecular weight excluding hydrogens is 340 g/mol. The van der Waals surface area contributed by atoms with E-state index < -0.39 is 5.72 Å². The molecule has 0 unspecified atom stereocenters. The molecule has 0 aliphatic carbocycles. The summed E-state index contributed by atoms with van der Waals surface area (Å²) in [5, 5.41) is 3.66. The van der Waals surface area contributed by atoms with Crippen LogP contribution in [0.5, 0.6) is 11.5 Å². The zero-order chi connectivity index (χ0) is 17.8. The van der Waals surface area contributed by atoms with Crippen molar-refractivity contribution in [2.24, 2.45) is 0 Å². The summed E-state index contributed by atoms with van der Waals surface area (Å²) >= 11 is 6.17. The Labute approximate surface area is 151 Å². The van der Waals surface area contributed by atoms with Crippen molar-refractivity contribution in [1.82, 2.24) is 5.32 Å². The molecule has 4 rings (SSSR count). The third-order valence-electron chi connectivity index (χ3n) is 4.90. The van der Waals surface area contributed by atoms with Crippen molar-refractivity contribution in [1.29, 1.82) is 0 Å². The first-order chi connectivity index (χ1) is 11.9. The number of hydrogen-bond acceptors (Lipinski definition) is 3. The second-order valence-corrected chi connectivity index (χ2v) is 7.06. The van der Waals surface area contributed by atoms with Gasteiger partial charge in [-0.05, 0) is 37.6 Å². The van der Waals surface area contributed by atoms with Gasteiger partial charge in [0.15, 0.2) is 17.2 Å².